The maximum Gasteiger partial charge on any atom is 0.127 e. The summed E-state index contributed by atoms with van der Waals surface area (Å²) in [6.45, 7) is 8.39. The first-order valence-corrected chi connectivity index (χ1v) is 7.35. The third-order valence-corrected chi connectivity index (χ3v) is 3.95. The van der Waals surface area contributed by atoms with E-state index in [1.54, 1.807) is 12.1 Å². The third kappa shape index (κ3) is 5.04. The minimum absolute atomic E-state index is 0. The molecule has 0 saturated carbocycles. The van der Waals surface area contributed by atoms with Crippen LogP contribution in [0.25, 0.3) is 0 Å². The number of benzene rings is 1. The largest absolute Gasteiger partial charge is 0.316 e. The van der Waals surface area contributed by atoms with Gasteiger partial charge in [0.15, 0.2) is 0 Å². The molecule has 1 aliphatic heterocycles. The highest BCUT2D eigenvalue weighted by Crippen LogP contribution is 2.17. The lowest BCUT2D eigenvalue weighted by atomic mass is 9.98. The minimum atomic E-state index is -0.0880. The van der Waals surface area contributed by atoms with Gasteiger partial charge in [-0.1, -0.05) is 18.2 Å². The first kappa shape index (κ1) is 17.4. The van der Waals surface area contributed by atoms with Gasteiger partial charge in [0, 0.05) is 24.7 Å². The van der Waals surface area contributed by atoms with Gasteiger partial charge in [-0.3, -0.25) is 4.90 Å². The van der Waals surface area contributed by atoms with E-state index < -0.39 is 0 Å². The van der Waals surface area contributed by atoms with Crippen molar-refractivity contribution in [1.82, 2.24) is 10.2 Å². The molecular formula is C16H26ClFN2. The molecule has 20 heavy (non-hydrogen) atoms. The molecule has 0 spiro atoms. The Labute approximate surface area is 128 Å². The number of hydrogen-bond donors (Lipinski definition) is 1. The highest BCUT2D eigenvalue weighted by atomic mass is 35.5. The smallest absolute Gasteiger partial charge is 0.127 e. The molecule has 2 rings (SSSR count). The average molecular weight is 301 g/mol. The summed E-state index contributed by atoms with van der Waals surface area (Å²) in [6, 6.07) is 7.56. The van der Waals surface area contributed by atoms with Crippen LogP contribution in [0.5, 0.6) is 0 Å². The number of nitrogens with one attached hydrogen (secondary N) is 1. The van der Waals surface area contributed by atoms with Gasteiger partial charge in [0.05, 0.1) is 0 Å². The van der Waals surface area contributed by atoms with Crippen molar-refractivity contribution >= 4 is 12.4 Å². The lowest BCUT2D eigenvalue weighted by Crippen LogP contribution is -2.40. The van der Waals surface area contributed by atoms with Crippen molar-refractivity contribution < 1.29 is 4.39 Å². The molecule has 1 N–H and O–H groups in total. The highest BCUT2D eigenvalue weighted by molar-refractivity contribution is 5.85. The van der Waals surface area contributed by atoms with Crippen LogP contribution in [0, 0.1) is 11.7 Å². The van der Waals surface area contributed by atoms with Gasteiger partial charge in [-0.05, 0) is 51.8 Å². The van der Waals surface area contributed by atoms with E-state index >= 15 is 0 Å². The molecule has 0 amide bonds. The Balaban J connectivity index is 0.00000200. The summed E-state index contributed by atoms with van der Waals surface area (Å²) < 4.78 is 13.8. The van der Waals surface area contributed by atoms with E-state index in [-0.39, 0.29) is 18.2 Å². The predicted molar refractivity (Wildman–Crippen MR) is 84.8 cm³/mol. The summed E-state index contributed by atoms with van der Waals surface area (Å²) in [7, 11) is 0. The van der Waals surface area contributed by atoms with Gasteiger partial charge in [0.2, 0.25) is 0 Å². The molecular weight excluding hydrogens is 275 g/mol. The van der Waals surface area contributed by atoms with E-state index in [9.17, 15) is 4.39 Å². The van der Waals surface area contributed by atoms with Crippen LogP contribution in [-0.2, 0) is 6.54 Å². The number of nitrogens with zero attached hydrogens (tertiary/aromatic N) is 1. The van der Waals surface area contributed by atoms with E-state index in [2.05, 4.69) is 24.1 Å². The summed E-state index contributed by atoms with van der Waals surface area (Å²) in [5.41, 5.74) is 0.806. The Morgan fingerprint density at radius 2 is 2.10 bits per heavy atom. The second-order valence-corrected chi connectivity index (χ2v) is 5.83. The van der Waals surface area contributed by atoms with Gasteiger partial charge in [-0.25, -0.2) is 4.39 Å². The van der Waals surface area contributed by atoms with Gasteiger partial charge < -0.3 is 5.32 Å². The number of rotatable bonds is 5. The molecule has 4 heteroatoms. The van der Waals surface area contributed by atoms with Crippen LogP contribution in [0.1, 0.15) is 32.3 Å². The SMILES string of the molecule is CC(C)N(Cc1ccccc1F)CC1CCCNC1.Cl. The monoisotopic (exact) mass is 300 g/mol. The average Bonchev–Trinajstić information content (AvgIpc) is 2.41. The first-order valence-electron chi connectivity index (χ1n) is 7.35. The molecule has 1 saturated heterocycles. The van der Waals surface area contributed by atoms with Crippen molar-refractivity contribution in [2.45, 2.75) is 39.3 Å². The zero-order chi connectivity index (χ0) is 13.7. The van der Waals surface area contributed by atoms with Crippen LogP contribution in [0.15, 0.2) is 24.3 Å². The molecule has 114 valence electrons. The Hall–Kier alpha value is -0.640. The van der Waals surface area contributed by atoms with Crippen LogP contribution in [0.2, 0.25) is 0 Å². The molecule has 0 bridgehead atoms. The molecule has 0 radical (unpaired) electrons. The maximum absolute atomic E-state index is 13.8. The van der Waals surface area contributed by atoms with Crippen molar-refractivity contribution in [1.29, 1.82) is 0 Å². The summed E-state index contributed by atoms with van der Waals surface area (Å²) >= 11 is 0. The van der Waals surface area contributed by atoms with Gasteiger partial charge in [-0.2, -0.15) is 0 Å². The molecule has 1 heterocycles. The van der Waals surface area contributed by atoms with E-state index in [1.165, 1.54) is 12.8 Å². The standard InChI is InChI=1S/C16H25FN2.ClH/c1-13(2)19(11-14-6-5-9-18-10-14)12-15-7-3-4-8-16(15)17;/h3-4,7-8,13-14,18H,5-6,9-12H2,1-2H3;1H. The zero-order valence-electron chi connectivity index (χ0n) is 12.4. The van der Waals surface area contributed by atoms with Crippen LogP contribution in [0.4, 0.5) is 4.39 Å². The van der Waals surface area contributed by atoms with Crippen LogP contribution in [0.3, 0.4) is 0 Å². The normalized spacial score (nSPS) is 19.1. The molecule has 1 aromatic carbocycles. The van der Waals surface area contributed by atoms with Crippen LogP contribution >= 0.6 is 12.4 Å². The van der Waals surface area contributed by atoms with Crippen molar-refractivity contribution in [2.24, 2.45) is 5.92 Å². The molecule has 1 unspecified atom stereocenters. The Bertz CT molecular complexity index is 392. The Kier molecular flexibility index (Phi) is 7.49. The molecule has 1 aliphatic rings. The second kappa shape index (κ2) is 8.60. The molecule has 1 fully saturated rings. The van der Waals surface area contributed by atoms with Crippen molar-refractivity contribution in [3.63, 3.8) is 0 Å². The lowest BCUT2D eigenvalue weighted by Gasteiger charge is -2.32. The zero-order valence-corrected chi connectivity index (χ0v) is 13.3. The Morgan fingerprint density at radius 1 is 1.35 bits per heavy atom. The maximum atomic E-state index is 13.8. The fraction of sp³-hybridized carbons (Fsp3) is 0.625. The van der Waals surface area contributed by atoms with Crippen molar-refractivity contribution in [3.05, 3.63) is 35.6 Å². The van der Waals surface area contributed by atoms with E-state index in [1.807, 2.05) is 12.1 Å². The molecule has 1 aromatic rings. The molecule has 2 nitrogen and oxygen atoms in total. The number of hydrogen-bond acceptors (Lipinski definition) is 2. The quantitative estimate of drug-likeness (QED) is 0.896. The first-order chi connectivity index (χ1) is 9.16. The summed E-state index contributed by atoms with van der Waals surface area (Å²) in [6.07, 6.45) is 2.55. The lowest BCUT2D eigenvalue weighted by molar-refractivity contribution is 0.162. The molecule has 0 aliphatic carbocycles. The summed E-state index contributed by atoms with van der Waals surface area (Å²) in [5.74, 6) is 0.609. The van der Waals surface area contributed by atoms with Gasteiger partial charge in [0.1, 0.15) is 5.82 Å². The molecule has 0 aromatic heterocycles. The van der Waals surface area contributed by atoms with Gasteiger partial charge in [0.25, 0.3) is 0 Å². The number of piperidine rings is 1. The molecule has 1 atom stereocenters. The van der Waals surface area contributed by atoms with E-state index in [0.717, 1.165) is 25.2 Å². The summed E-state index contributed by atoms with van der Waals surface area (Å²) in [5, 5.41) is 3.45. The highest BCUT2D eigenvalue weighted by Gasteiger charge is 2.19. The van der Waals surface area contributed by atoms with E-state index in [4.69, 9.17) is 0 Å². The third-order valence-electron chi connectivity index (χ3n) is 3.95. The minimum Gasteiger partial charge on any atom is -0.316 e. The fourth-order valence-corrected chi connectivity index (χ4v) is 2.71. The second-order valence-electron chi connectivity index (χ2n) is 5.83. The van der Waals surface area contributed by atoms with Crippen LogP contribution < -0.4 is 5.32 Å². The number of halogens is 2. The topological polar surface area (TPSA) is 15.3 Å². The van der Waals surface area contributed by atoms with Crippen molar-refractivity contribution in [3.8, 4) is 0 Å². The van der Waals surface area contributed by atoms with Crippen molar-refractivity contribution in [2.75, 3.05) is 19.6 Å². The van der Waals surface area contributed by atoms with Gasteiger partial charge >= 0.3 is 0 Å². The summed E-state index contributed by atoms with van der Waals surface area (Å²) in [4.78, 5) is 2.38. The Morgan fingerprint density at radius 3 is 2.70 bits per heavy atom. The predicted octanol–water partition coefficient (Wildman–Crippen LogP) is 3.46. The van der Waals surface area contributed by atoms with Gasteiger partial charge in [-0.15, -0.1) is 12.4 Å². The van der Waals surface area contributed by atoms with Crippen LogP contribution in [-0.4, -0.2) is 30.6 Å². The fourth-order valence-electron chi connectivity index (χ4n) is 2.71. The van der Waals surface area contributed by atoms with E-state index in [0.29, 0.717) is 18.5 Å².